The molecule has 0 bridgehead atoms. The van der Waals surface area contributed by atoms with Crippen molar-refractivity contribution < 1.29 is 4.42 Å². The summed E-state index contributed by atoms with van der Waals surface area (Å²) in [4.78, 5) is 30.3. The molecule has 0 spiro atoms. The van der Waals surface area contributed by atoms with E-state index in [9.17, 15) is 0 Å². The van der Waals surface area contributed by atoms with Crippen LogP contribution in [-0.4, -0.2) is 43.6 Å². The van der Waals surface area contributed by atoms with Crippen LogP contribution in [0.1, 0.15) is 5.56 Å². The maximum atomic E-state index is 6.49. The van der Waals surface area contributed by atoms with Gasteiger partial charge in [-0.05, 0) is 157 Å². The van der Waals surface area contributed by atoms with Crippen molar-refractivity contribution in [2.75, 3.05) is 0 Å². The quantitative estimate of drug-likeness (QED) is 0.106. The van der Waals surface area contributed by atoms with Gasteiger partial charge in [0.05, 0.1) is 38.8 Å². The van der Waals surface area contributed by atoms with Gasteiger partial charge in [0.25, 0.3) is 0 Å². The highest BCUT2D eigenvalue weighted by Crippen LogP contribution is 2.51. The molecule has 0 unspecified atom stereocenters. The van der Waals surface area contributed by atoms with Crippen LogP contribution in [0.25, 0.3) is 260 Å². The van der Waals surface area contributed by atoms with Gasteiger partial charge in [-0.25, -0.2) is 29.9 Å². The molecule has 0 aliphatic heterocycles. The summed E-state index contributed by atoms with van der Waals surface area (Å²) in [6, 6.07) is 164. The first-order valence-electron chi connectivity index (χ1n) is 45.8. The zero-order chi connectivity index (χ0) is 89.1. The molecule has 630 valence electrons. The predicted molar refractivity (Wildman–Crippen MR) is 559 cm³/mol. The minimum Gasteiger partial charge on any atom is -0.455 e. The molecule has 10 nitrogen and oxygen atoms in total. The first kappa shape index (κ1) is 78.0. The third-order valence-electron chi connectivity index (χ3n) is 26.9. The summed E-state index contributed by atoms with van der Waals surface area (Å²) < 4.78 is 13.8. The molecule has 0 aliphatic carbocycles. The molecular formula is C125H79N9O. The number of hydrogen-bond acceptors (Lipinski definition) is 7. The number of benzene rings is 21. The maximum Gasteiger partial charge on any atom is 0.165 e. The molecule has 27 rings (SSSR count). The lowest BCUT2D eigenvalue weighted by Gasteiger charge is -2.20. The van der Waals surface area contributed by atoms with Crippen LogP contribution in [0.2, 0.25) is 0 Å². The molecule has 21 aromatic carbocycles. The van der Waals surface area contributed by atoms with Gasteiger partial charge in [-0.15, -0.1) is 0 Å². The highest BCUT2D eigenvalue weighted by Gasteiger charge is 2.28. The highest BCUT2D eigenvalue weighted by atomic mass is 16.3. The smallest absolute Gasteiger partial charge is 0.165 e. The van der Waals surface area contributed by atoms with E-state index >= 15 is 0 Å². The molecule has 0 saturated carbocycles. The monoisotopic (exact) mass is 1720 g/mol. The summed E-state index contributed by atoms with van der Waals surface area (Å²) in [5, 5.41) is 18.8. The molecule has 0 saturated heterocycles. The number of rotatable bonds is 13. The van der Waals surface area contributed by atoms with Crippen molar-refractivity contribution in [3.8, 4) is 130 Å². The van der Waals surface area contributed by atoms with Gasteiger partial charge >= 0.3 is 0 Å². The van der Waals surface area contributed by atoms with E-state index in [1.54, 1.807) is 0 Å². The summed E-state index contributed by atoms with van der Waals surface area (Å²) >= 11 is 0. The average molecular weight is 1720 g/mol. The Labute approximate surface area is 776 Å². The van der Waals surface area contributed by atoms with Crippen LogP contribution in [0.15, 0.2) is 465 Å². The second-order valence-corrected chi connectivity index (χ2v) is 34.6. The number of nitrogens with zero attached hydrogens (tertiary/aromatic N) is 9. The van der Waals surface area contributed by atoms with E-state index in [0.717, 1.165) is 138 Å². The lowest BCUT2D eigenvalue weighted by Crippen LogP contribution is -2.01. The third kappa shape index (κ3) is 13.1. The van der Waals surface area contributed by atoms with Crippen LogP contribution < -0.4 is 0 Å². The van der Waals surface area contributed by atoms with Crippen LogP contribution in [0, 0.1) is 6.92 Å². The van der Waals surface area contributed by atoms with Crippen molar-refractivity contribution in [3.63, 3.8) is 0 Å². The van der Waals surface area contributed by atoms with Gasteiger partial charge in [-0.1, -0.05) is 388 Å². The highest BCUT2D eigenvalue weighted by molar-refractivity contribution is 6.27. The Balaban J connectivity index is 0.000000148. The normalized spacial score (nSPS) is 11.7. The van der Waals surface area contributed by atoms with Gasteiger partial charge in [-0.3, -0.25) is 0 Å². The minimum absolute atomic E-state index is 0.637. The second kappa shape index (κ2) is 32.2. The molecule has 6 heterocycles. The summed E-state index contributed by atoms with van der Waals surface area (Å²) in [6.45, 7) is 2.10. The standard InChI is InChI=1S/C73H45N5.C52H34N4O/c1-4-23-46(24-5-1)71-74-72(47-25-6-2-7-26-47)76-73(75-71)69-53-32-12-10-30-51(53)66(52-31-11-13-33-54(52)69)48-43-44-64-61(45-48)50-29-18-20-40-62(50)78(64)70-57-36-16-14-34-55(57)67(56-35-15-17-37-58(56)70)60-39-22-42-65-68(60)59-38-19-21-41-63(59)77(65)49-27-8-3-9-28-49;1-33-12-10-19-43-44-20-11-18-41(49(44)57-48(33)43)35-26-29-40(30-27-35)56-46-21-9-8-17-42(46)45-32-39(28-31-47(45)56)34-22-24-38(25-23-34)52-54-50(36-13-4-2-5-14-36)53-51(55-52)37-15-6-3-7-16-37/h1-45H;2-32H,1H3. The minimum atomic E-state index is 0.637. The Hall–Kier alpha value is -18.1. The number of aryl methyl sites for hydroxylation is 1. The number of hydrogen-bond donors (Lipinski definition) is 0. The first-order chi connectivity index (χ1) is 66.9. The number of furan rings is 1. The van der Waals surface area contributed by atoms with Gasteiger partial charge < -0.3 is 18.1 Å². The Morgan fingerprint density at radius 2 is 0.496 bits per heavy atom. The first-order valence-corrected chi connectivity index (χ1v) is 45.8. The van der Waals surface area contributed by atoms with Gasteiger partial charge in [-0.2, -0.15) is 0 Å². The predicted octanol–water partition coefficient (Wildman–Crippen LogP) is 32.5. The van der Waals surface area contributed by atoms with Crippen LogP contribution in [0.5, 0.6) is 0 Å². The Bertz CT molecular complexity index is 9190. The fourth-order valence-corrected chi connectivity index (χ4v) is 20.8. The summed E-state index contributed by atoms with van der Waals surface area (Å²) in [5.41, 5.74) is 28.4. The molecular weight excluding hydrogens is 1640 g/mol. The SMILES string of the molecule is Cc1cccc2c1oc1c(-c3ccc(-n4c5ccccc5c5cc(-c6ccc(-c7nc(-c8ccccc8)nc(-c8ccccc8)n7)cc6)ccc54)cc3)cccc12.c1ccc(-c2nc(-c3ccccc3)nc(-c3c4ccccc4c(-c4ccc5c(c4)c4ccccc4n5-c4c5ccccc5c(-c5cccc6c5c5ccccc5n6-c5ccccc5)c5ccccc45)c4ccccc34)n2)cc1. The van der Waals surface area contributed by atoms with Crippen LogP contribution in [0.3, 0.4) is 0 Å². The molecule has 10 heteroatoms. The second-order valence-electron chi connectivity index (χ2n) is 34.6. The molecule has 0 aliphatic rings. The van der Waals surface area contributed by atoms with E-state index in [1.807, 2.05) is 97.1 Å². The fourth-order valence-electron chi connectivity index (χ4n) is 20.8. The van der Waals surface area contributed by atoms with E-state index in [2.05, 4.69) is 385 Å². The van der Waals surface area contributed by atoms with Crippen molar-refractivity contribution in [1.29, 1.82) is 0 Å². The van der Waals surface area contributed by atoms with Crippen molar-refractivity contribution >= 4 is 130 Å². The molecule has 0 N–H and O–H groups in total. The van der Waals surface area contributed by atoms with Crippen molar-refractivity contribution in [1.82, 2.24) is 43.6 Å². The molecule has 0 radical (unpaired) electrons. The van der Waals surface area contributed by atoms with Crippen molar-refractivity contribution in [2.45, 2.75) is 6.92 Å². The van der Waals surface area contributed by atoms with E-state index in [0.29, 0.717) is 34.9 Å². The summed E-state index contributed by atoms with van der Waals surface area (Å²) in [7, 11) is 0. The molecule has 27 aromatic rings. The zero-order valence-corrected chi connectivity index (χ0v) is 73.3. The van der Waals surface area contributed by atoms with Gasteiger partial charge in [0.1, 0.15) is 11.2 Å². The number of aromatic nitrogens is 9. The maximum absolute atomic E-state index is 6.49. The van der Waals surface area contributed by atoms with E-state index in [1.165, 1.54) is 92.8 Å². The Kier molecular flexibility index (Phi) is 18.6. The number of fused-ring (bicyclic) bond motifs is 16. The summed E-state index contributed by atoms with van der Waals surface area (Å²) in [6.07, 6.45) is 0. The summed E-state index contributed by atoms with van der Waals surface area (Å²) in [5.74, 6) is 3.86. The van der Waals surface area contributed by atoms with Crippen molar-refractivity contribution in [3.05, 3.63) is 467 Å². The van der Waals surface area contributed by atoms with Gasteiger partial charge in [0, 0.05) is 104 Å². The zero-order valence-electron chi connectivity index (χ0n) is 73.3. The molecule has 0 amide bonds. The average Bonchev–Trinajstić information content (AvgIpc) is 1.63. The topological polar surface area (TPSA) is 105 Å². The van der Waals surface area contributed by atoms with Crippen LogP contribution in [0.4, 0.5) is 0 Å². The van der Waals surface area contributed by atoms with E-state index in [-0.39, 0.29) is 0 Å². The van der Waals surface area contributed by atoms with Crippen LogP contribution in [-0.2, 0) is 0 Å². The largest absolute Gasteiger partial charge is 0.455 e. The molecule has 135 heavy (non-hydrogen) atoms. The molecule has 0 atom stereocenters. The van der Waals surface area contributed by atoms with Gasteiger partial charge in [0.15, 0.2) is 34.9 Å². The van der Waals surface area contributed by atoms with E-state index in [4.69, 9.17) is 34.3 Å². The number of para-hydroxylation sites is 6. The van der Waals surface area contributed by atoms with E-state index < -0.39 is 0 Å². The van der Waals surface area contributed by atoms with Gasteiger partial charge in [0.2, 0.25) is 0 Å². The third-order valence-corrected chi connectivity index (χ3v) is 26.9. The molecule has 6 aromatic heterocycles. The Morgan fingerprint density at radius 1 is 0.178 bits per heavy atom. The lowest BCUT2D eigenvalue weighted by molar-refractivity contribution is 0.667. The van der Waals surface area contributed by atoms with Crippen molar-refractivity contribution in [2.24, 2.45) is 0 Å². The van der Waals surface area contributed by atoms with Crippen LogP contribution >= 0.6 is 0 Å². The fraction of sp³-hybridized carbons (Fsp3) is 0.00800. The molecule has 0 fully saturated rings. The lowest BCUT2D eigenvalue weighted by atomic mass is 9.87. The Morgan fingerprint density at radius 3 is 1.01 bits per heavy atom.